The predicted molar refractivity (Wildman–Crippen MR) is 58.3 cm³/mol. The van der Waals surface area contributed by atoms with Crippen LogP contribution in [0.3, 0.4) is 0 Å². The van der Waals surface area contributed by atoms with Gasteiger partial charge in [0.15, 0.2) is 0 Å². The molecule has 1 aliphatic carbocycles. The van der Waals surface area contributed by atoms with Crippen LogP contribution in [0.5, 0.6) is 0 Å². The minimum absolute atomic E-state index is 0.154. The molecular weight excluding hydrogens is 208 g/mol. The van der Waals surface area contributed by atoms with Gasteiger partial charge >= 0.3 is 0 Å². The average Bonchev–Trinajstić information content (AvgIpc) is 2.22. The average molecular weight is 222 g/mol. The highest BCUT2D eigenvalue weighted by Gasteiger charge is 2.30. The van der Waals surface area contributed by atoms with Crippen molar-refractivity contribution in [1.82, 2.24) is 10.3 Å². The van der Waals surface area contributed by atoms with E-state index in [4.69, 9.17) is 4.74 Å². The Labute approximate surface area is 92.8 Å². The van der Waals surface area contributed by atoms with Crippen molar-refractivity contribution in [2.45, 2.75) is 25.0 Å². The SMILES string of the molecule is COC1CC(NC(=O)c2cccc(=O)[nH]2)C1. The first-order valence-electron chi connectivity index (χ1n) is 5.22. The highest BCUT2D eigenvalue weighted by atomic mass is 16.5. The molecule has 1 aromatic heterocycles. The minimum atomic E-state index is -0.268. The molecule has 1 aliphatic rings. The minimum Gasteiger partial charge on any atom is -0.381 e. The quantitative estimate of drug-likeness (QED) is 0.771. The van der Waals surface area contributed by atoms with E-state index in [1.165, 1.54) is 6.07 Å². The van der Waals surface area contributed by atoms with Crippen LogP contribution in [0.1, 0.15) is 23.3 Å². The fourth-order valence-electron chi connectivity index (χ4n) is 1.72. The molecule has 1 heterocycles. The molecule has 2 N–H and O–H groups in total. The number of rotatable bonds is 3. The van der Waals surface area contributed by atoms with Gasteiger partial charge < -0.3 is 15.0 Å². The highest BCUT2D eigenvalue weighted by molar-refractivity contribution is 5.92. The molecule has 1 aromatic rings. The maximum absolute atomic E-state index is 11.7. The number of aromatic nitrogens is 1. The van der Waals surface area contributed by atoms with Crippen LogP contribution < -0.4 is 10.9 Å². The maximum atomic E-state index is 11.7. The van der Waals surface area contributed by atoms with Crippen molar-refractivity contribution in [3.05, 3.63) is 34.2 Å². The van der Waals surface area contributed by atoms with E-state index in [1.807, 2.05) is 0 Å². The molecule has 0 atom stereocenters. The standard InChI is InChI=1S/C11H14N2O3/c1-16-8-5-7(6-8)12-11(15)9-3-2-4-10(14)13-9/h2-4,7-8H,5-6H2,1H3,(H,12,15)(H,13,14). The molecule has 1 amide bonds. The van der Waals surface area contributed by atoms with Crippen LogP contribution in [0.2, 0.25) is 0 Å². The Hall–Kier alpha value is -1.62. The third-order valence-corrected chi connectivity index (χ3v) is 2.78. The molecule has 0 bridgehead atoms. The largest absolute Gasteiger partial charge is 0.381 e. The zero-order valence-corrected chi connectivity index (χ0v) is 9.03. The number of amides is 1. The Morgan fingerprint density at radius 2 is 2.25 bits per heavy atom. The zero-order chi connectivity index (χ0) is 11.5. The van der Waals surface area contributed by atoms with E-state index in [2.05, 4.69) is 10.3 Å². The maximum Gasteiger partial charge on any atom is 0.268 e. The molecule has 0 aromatic carbocycles. The summed E-state index contributed by atoms with van der Waals surface area (Å²) < 4.78 is 5.11. The first-order valence-corrected chi connectivity index (χ1v) is 5.22. The normalized spacial score (nSPS) is 23.6. The zero-order valence-electron chi connectivity index (χ0n) is 9.03. The second-order valence-electron chi connectivity index (χ2n) is 3.93. The number of carbonyl (C=O) groups excluding carboxylic acids is 1. The lowest BCUT2D eigenvalue weighted by molar-refractivity contribution is 0.0175. The van der Waals surface area contributed by atoms with Gasteiger partial charge in [-0.05, 0) is 18.9 Å². The summed E-state index contributed by atoms with van der Waals surface area (Å²) in [7, 11) is 1.66. The first-order chi connectivity index (χ1) is 7.69. The fraction of sp³-hybridized carbons (Fsp3) is 0.455. The molecule has 86 valence electrons. The predicted octanol–water partition coefficient (Wildman–Crippen LogP) is 0.282. The summed E-state index contributed by atoms with van der Waals surface area (Å²) in [5.74, 6) is -0.239. The molecule has 0 unspecified atom stereocenters. The number of H-pyrrole nitrogens is 1. The van der Waals surface area contributed by atoms with Gasteiger partial charge in [-0.25, -0.2) is 0 Å². The Morgan fingerprint density at radius 1 is 1.50 bits per heavy atom. The smallest absolute Gasteiger partial charge is 0.268 e. The van der Waals surface area contributed by atoms with E-state index in [1.54, 1.807) is 19.2 Å². The molecule has 0 saturated heterocycles. The monoisotopic (exact) mass is 222 g/mol. The van der Waals surface area contributed by atoms with Crippen molar-refractivity contribution < 1.29 is 9.53 Å². The summed E-state index contributed by atoms with van der Waals surface area (Å²) in [5.41, 5.74) is 0.0318. The number of hydrogen-bond acceptors (Lipinski definition) is 3. The summed E-state index contributed by atoms with van der Waals surface area (Å²) in [6.07, 6.45) is 1.92. The molecule has 5 nitrogen and oxygen atoms in total. The Kier molecular flexibility index (Phi) is 3.05. The lowest BCUT2D eigenvalue weighted by Gasteiger charge is -2.34. The second kappa shape index (κ2) is 4.49. The molecule has 5 heteroatoms. The molecule has 0 spiro atoms. The number of nitrogens with one attached hydrogen (secondary N) is 2. The molecule has 1 fully saturated rings. The topological polar surface area (TPSA) is 71.2 Å². The summed E-state index contributed by atoms with van der Waals surface area (Å²) in [6, 6.07) is 4.68. The van der Waals surface area contributed by atoms with Gasteiger partial charge in [0.05, 0.1) is 6.10 Å². The van der Waals surface area contributed by atoms with Crippen LogP contribution in [-0.4, -0.2) is 30.1 Å². The van der Waals surface area contributed by atoms with E-state index in [0.29, 0.717) is 5.69 Å². The van der Waals surface area contributed by atoms with E-state index in [-0.39, 0.29) is 23.6 Å². The number of aromatic amines is 1. The van der Waals surface area contributed by atoms with Gasteiger partial charge in [0.2, 0.25) is 5.56 Å². The van der Waals surface area contributed by atoms with Crippen molar-refractivity contribution >= 4 is 5.91 Å². The van der Waals surface area contributed by atoms with Gasteiger partial charge in [-0.15, -0.1) is 0 Å². The molecule has 0 aliphatic heterocycles. The van der Waals surface area contributed by atoms with E-state index < -0.39 is 0 Å². The van der Waals surface area contributed by atoms with Crippen LogP contribution in [-0.2, 0) is 4.74 Å². The molecule has 2 rings (SSSR count). The van der Waals surface area contributed by atoms with Gasteiger partial charge in [-0.3, -0.25) is 9.59 Å². The van der Waals surface area contributed by atoms with Gasteiger partial charge in [0.1, 0.15) is 5.69 Å². The van der Waals surface area contributed by atoms with Crippen molar-refractivity contribution in [1.29, 1.82) is 0 Å². The number of hydrogen-bond donors (Lipinski definition) is 2. The fourth-order valence-corrected chi connectivity index (χ4v) is 1.72. The summed E-state index contributed by atoms with van der Waals surface area (Å²) in [4.78, 5) is 25.2. The van der Waals surface area contributed by atoms with Gasteiger partial charge in [0, 0.05) is 19.2 Å². The third kappa shape index (κ3) is 2.30. The van der Waals surface area contributed by atoms with E-state index in [0.717, 1.165) is 12.8 Å². The number of pyridine rings is 1. The van der Waals surface area contributed by atoms with Gasteiger partial charge in [-0.1, -0.05) is 6.07 Å². The van der Waals surface area contributed by atoms with Crippen molar-refractivity contribution in [2.75, 3.05) is 7.11 Å². The molecule has 16 heavy (non-hydrogen) atoms. The van der Waals surface area contributed by atoms with Crippen LogP contribution >= 0.6 is 0 Å². The van der Waals surface area contributed by atoms with E-state index in [9.17, 15) is 9.59 Å². The molecule has 0 radical (unpaired) electrons. The Balaban J connectivity index is 1.92. The molecule has 1 saturated carbocycles. The number of carbonyl (C=O) groups is 1. The second-order valence-corrected chi connectivity index (χ2v) is 3.93. The van der Waals surface area contributed by atoms with Crippen molar-refractivity contribution in [2.24, 2.45) is 0 Å². The summed E-state index contributed by atoms with van der Waals surface area (Å²) in [5, 5.41) is 2.84. The Morgan fingerprint density at radius 3 is 2.88 bits per heavy atom. The van der Waals surface area contributed by atoms with Crippen LogP contribution in [0.25, 0.3) is 0 Å². The van der Waals surface area contributed by atoms with Gasteiger partial charge in [0.25, 0.3) is 5.91 Å². The first kappa shape index (κ1) is 10.9. The summed E-state index contributed by atoms with van der Waals surface area (Å²) >= 11 is 0. The van der Waals surface area contributed by atoms with Crippen LogP contribution in [0.15, 0.2) is 23.0 Å². The lowest BCUT2D eigenvalue weighted by atomic mass is 9.89. The van der Waals surface area contributed by atoms with Crippen LogP contribution in [0, 0.1) is 0 Å². The van der Waals surface area contributed by atoms with Crippen molar-refractivity contribution in [3.63, 3.8) is 0 Å². The highest BCUT2D eigenvalue weighted by Crippen LogP contribution is 2.22. The lowest BCUT2D eigenvalue weighted by Crippen LogP contribution is -2.47. The van der Waals surface area contributed by atoms with Gasteiger partial charge in [-0.2, -0.15) is 0 Å². The number of methoxy groups -OCH3 is 1. The van der Waals surface area contributed by atoms with Crippen LogP contribution in [0.4, 0.5) is 0 Å². The van der Waals surface area contributed by atoms with E-state index >= 15 is 0 Å². The third-order valence-electron chi connectivity index (χ3n) is 2.78. The number of ether oxygens (including phenoxy) is 1. The molecular formula is C11H14N2O3. The summed E-state index contributed by atoms with van der Waals surface area (Å²) in [6.45, 7) is 0. The Bertz CT molecular complexity index is 435. The van der Waals surface area contributed by atoms with Crippen molar-refractivity contribution in [3.8, 4) is 0 Å².